The molecule has 3 aromatic carbocycles. The first-order valence-corrected chi connectivity index (χ1v) is 10.2. The van der Waals surface area contributed by atoms with Crippen LogP contribution >= 0.6 is 0 Å². The Kier molecular flexibility index (Phi) is 4.77. The summed E-state index contributed by atoms with van der Waals surface area (Å²) in [5.74, 6) is 0.709. The minimum Gasteiger partial charge on any atom is -0.497 e. The summed E-state index contributed by atoms with van der Waals surface area (Å²) >= 11 is 0. The number of anilines is 2. The molecule has 0 unspecified atom stereocenters. The lowest BCUT2D eigenvalue weighted by Gasteiger charge is -2.09. The third-order valence-electron chi connectivity index (χ3n) is 4.39. The Morgan fingerprint density at radius 2 is 1.55 bits per heavy atom. The van der Waals surface area contributed by atoms with Crippen LogP contribution in [0, 0.1) is 0 Å². The van der Waals surface area contributed by atoms with Crippen LogP contribution in [-0.4, -0.2) is 27.3 Å². The fraction of sp³-hybridized carbons (Fsp3) is 0.0476. The highest BCUT2D eigenvalue weighted by atomic mass is 32.2. The summed E-state index contributed by atoms with van der Waals surface area (Å²) in [5, 5.41) is 5.81. The number of amidine groups is 1. The molecule has 29 heavy (non-hydrogen) atoms. The van der Waals surface area contributed by atoms with Crippen molar-refractivity contribution in [2.45, 2.75) is 4.90 Å². The normalized spacial score (nSPS) is 13.9. The Morgan fingerprint density at radius 1 is 0.897 bits per heavy atom. The molecule has 0 aromatic heterocycles. The molecular weight excluding hydrogens is 390 g/mol. The third-order valence-corrected chi connectivity index (χ3v) is 5.72. The summed E-state index contributed by atoms with van der Waals surface area (Å²) in [4.78, 5) is 12.6. The maximum atomic E-state index is 12.4. The third kappa shape index (κ3) is 3.83. The first-order valence-electron chi connectivity index (χ1n) is 8.73. The van der Waals surface area contributed by atoms with E-state index >= 15 is 0 Å². The number of sulfonamides is 1. The fourth-order valence-corrected chi connectivity index (χ4v) is 4.09. The number of rotatable bonds is 4. The number of ether oxygens (including phenoxy) is 1. The highest BCUT2D eigenvalue weighted by Crippen LogP contribution is 2.26. The highest BCUT2D eigenvalue weighted by Gasteiger charge is 2.28. The molecule has 2 N–H and O–H groups in total. The predicted octanol–water partition coefficient (Wildman–Crippen LogP) is 3.51. The van der Waals surface area contributed by atoms with Gasteiger partial charge in [0.1, 0.15) is 10.6 Å². The minimum atomic E-state index is -3.68. The number of benzene rings is 3. The zero-order chi connectivity index (χ0) is 20.4. The van der Waals surface area contributed by atoms with Gasteiger partial charge in [-0.05, 0) is 60.7 Å². The Bertz CT molecular complexity index is 1200. The van der Waals surface area contributed by atoms with Crippen molar-refractivity contribution in [3.05, 3.63) is 83.9 Å². The number of methoxy groups -OCH3 is 1. The second-order valence-corrected chi connectivity index (χ2v) is 7.87. The SMILES string of the molecule is COc1ccc(NC(=O)c2ccc(NC3=NS(=O)(=O)c4ccccc43)cc2)cc1. The number of carbonyl (C=O) groups excluding carboxylic acids is 1. The zero-order valence-corrected chi connectivity index (χ0v) is 16.2. The van der Waals surface area contributed by atoms with Crippen molar-refractivity contribution in [1.82, 2.24) is 0 Å². The molecule has 0 aliphatic carbocycles. The van der Waals surface area contributed by atoms with E-state index in [1.165, 1.54) is 6.07 Å². The van der Waals surface area contributed by atoms with Gasteiger partial charge in [-0.2, -0.15) is 8.42 Å². The van der Waals surface area contributed by atoms with Crippen LogP contribution in [0.3, 0.4) is 0 Å². The molecule has 0 spiro atoms. The van der Waals surface area contributed by atoms with E-state index in [0.717, 1.165) is 0 Å². The molecule has 8 heteroatoms. The van der Waals surface area contributed by atoms with E-state index in [9.17, 15) is 13.2 Å². The molecule has 1 aliphatic heterocycles. The van der Waals surface area contributed by atoms with E-state index in [-0.39, 0.29) is 16.6 Å². The van der Waals surface area contributed by atoms with Gasteiger partial charge < -0.3 is 15.4 Å². The smallest absolute Gasteiger partial charge is 0.285 e. The van der Waals surface area contributed by atoms with E-state index in [1.54, 1.807) is 73.8 Å². The van der Waals surface area contributed by atoms with Gasteiger partial charge in [0.15, 0.2) is 5.84 Å². The number of hydrogen-bond donors (Lipinski definition) is 2. The van der Waals surface area contributed by atoms with E-state index < -0.39 is 10.0 Å². The van der Waals surface area contributed by atoms with Crippen LogP contribution in [0.2, 0.25) is 0 Å². The van der Waals surface area contributed by atoms with Crippen molar-refractivity contribution in [2.24, 2.45) is 4.40 Å². The van der Waals surface area contributed by atoms with E-state index in [4.69, 9.17) is 4.74 Å². The second-order valence-electron chi connectivity index (χ2n) is 6.30. The molecule has 0 saturated heterocycles. The summed E-state index contributed by atoms with van der Waals surface area (Å²) in [6, 6.07) is 20.3. The summed E-state index contributed by atoms with van der Waals surface area (Å²) < 4.78 is 33.1. The molecule has 7 nitrogen and oxygen atoms in total. The Balaban J connectivity index is 1.48. The molecule has 0 atom stereocenters. The monoisotopic (exact) mass is 407 g/mol. The number of fused-ring (bicyclic) bond motifs is 1. The minimum absolute atomic E-state index is 0.179. The first kappa shape index (κ1) is 18.7. The van der Waals surface area contributed by atoms with Gasteiger partial charge in [-0.1, -0.05) is 12.1 Å². The van der Waals surface area contributed by atoms with Gasteiger partial charge in [0.2, 0.25) is 0 Å². The summed E-state index contributed by atoms with van der Waals surface area (Å²) in [6.45, 7) is 0. The number of nitrogens with one attached hydrogen (secondary N) is 2. The molecular formula is C21H17N3O4S. The Morgan fingerprint density at radius 3 is 2.24 bits per heavy atom. The van der Waals surface area contributed by atoms with E-state index in [2.05, 4.69) is 15.0 Å². The molecule has 0 bridgehead atoms. The quantitative estimate of drug-likeness (QED) is 0.690. The van der Waals surface area contributed by atoms with Crippen molar-refractivity contribution >= 4 is 33.1 Å². The average molecular weight is 407 g/mol. The molecule has 1 heterocycles. The number of amides is 1. The van der Waals surface area contributed by atoms with Crippen LogP contribution < -0.4 is 15.4 Å². The Labute approximate surface area is 168 Å². The molecule has 0 radical (unpaired) electrons. The molecule has 1 aliphatic rings. The van der Waals surface area contributed by atoms with Gasteiger partial charge in [-0.25, -0.2) is 0 Å². The maximum absolute atomic E-state index is 12.4. The van der Waals surface area contributed by atoms with Crippen LogP contribution in [0.5, 0.6) is 5.75 Å². The molecule has 0 saturated carbocycles. The Hall–Kier alpha value is -3.65. The van der Waals surface area contributed by atoms with Crippen LogP contribution in [-0.2, 0) is 10.0 Å². The second kappa shape index (κ2) is 7.40. The lowest BCUT2D eigenvalue weighted by molar-refractivity contribution is 0.102. The zero-order valence-electron chi connectivity index (χ0n) is 15.4. The van der Waals surface area contributed by atoms with Crippen LogP contribution in [0.25, 0.3) is 0 Å². The van der Waals surface area contributed by atoms with Crippen LogP contribution in [0.15, 0.2) is 82.1 Å². The fourth-order valence-electron chi connectivity index (χ4n) is 2.92. The predicted molar refractivity (Wildman–Crippen MR) is 111 cm³/mol. The van der Waals surface area contributed by atoms with E-state index in [0.29, 0.717) is 28.3 Å². The number of carbonyl (C=O) groups is 1. The molecule has 1 amide bonds. The van der Waals surface area contributed by atoms with Crippen molar-refractivity contribution in [1.29, 1.82) is 0 Å². The largest absolute Gasteiger partial charge is 0.497 e. The maximum Gasteiger partial charge on any atom is 0.285 e. The number of hydrogen-bond acceptors (Lipinski definition) is 5. The van der Waals surface area contributed by atoms with Gasteiger partial charge >= 0.3 is 0 Å². The summed E-state index contributed by atoms with van der Waals surface area (Å²) in [7, 11) is -2.11. The molecule has 0 fully saturated rings. The van der Waals surface area contributed by atoms with Crippen molar-refractivity contribution < 1.29 is 17.9 Å². The molecule has 146 valence electrons. The molecule has 4 rings (SSSR count). The first-order chi connectivity index (χ1) is 14.0. The van der Waals surface area contributed by atoms with Crippen molar-refractivity contribution in [2.75, 3.05) is 17.7 Å². The van der Waals surface area contributed by atoms with E-state index in [1.807, 2.05) is 0 Å². The van der Waals surface area contributed by atoms with Crippen LogP contribution in [0.1, 0.15) is 15.9 Å². The lowest BCUT2D eigenvalue weighted by Crippen LogP contribution is -2.13. The topological polar surface area (TPSA) is 96.9 Å². The molecule has 3 aromatic rings. The van der Waals surface area contributed by atoms with Gasteiger partial charge in [0.25, 0.3) is 15.9 Å². The lowest BCUT2D eigenvalue weighted by atomic mass is 10.1. The van der Waals surface area contributed by atoms with Gasteiger partial charge in [-0.15, -0.1) is 4.40 Å². The van der Waals surface area contributed by atoms with Crippen molar-refractivity contribution in [3.8, 4) is 5.75 Å². The summed E-state index contributed by atoms with van der Waals surface area (Å²) in [6.07, 6.45) is 0. The van der Waals surface area contributed by atoms with Gasteiger partial charge in [-0.3, -0.25) is 4.79 Å². The standard InChI is InChI=1S/C21H17N3O4S/c1-28-17-12-10-16(11-13-17)23-21(25)14-6-8-15(9-7-14)22-20-18-4-2-3-5-19(18)29(26,27)24-20/h2-13H,1H3,(H,22,24)(H,23,25). The summed E-state index contributed by atoms with van der Waals surface area (Å²) in [5.41, 5.74) is 2.26. The average Bonchev–Trinajstić information content (AvgIpc) is 2.99. The van der Waals surface area contributed by atoms with Gasteiger partial charge in [0, 0.05) is 22.5 Å². The highest BCUT2D eigenvalue weighted by molar-refractivity contribution is 7.90. The van der Waals surface area contributed by atoms with Gasteiger partial charge in [0.05, 0.1) is 7.11 Å². The number of nitrogens with zero attached hydrogens (tertiary/aromatic N) is 1. The van der Waals surface area contributed by atoms with Crippen LogP contribution in [0.4, 0.5) is 11.4 Å². The van der Waals surface area contributed by atoms with Crippen molar-refractivity contribution in [3.63, 3.8) is 0 Å².